The van der Waals surface area contributed by atoms with Crippen LogP contribution in [0.4, 0.5) is 0 Å². The molecule has 12 atom stereocenters. The Morgan fingerprint density at radius 3 is 2.49 bits per heavy atom. The van der Waals surface area contributed by atoms with Crippen molar-refractivity contribution in [3.05, 3.63) is 11.6 Å². The van der Waals surface area contributed by atoms with Crippen molar-refractivity contribution in [3.63, 3.8) is 0 Å². The van der Waals surface area contributed by atoms with Crippen molar-refractivity contribution >= 4 is 23.5 Å². The molecule has 1 saturated carbocycles. The molecule has 0 aromatic rings. The number of ketones is 2. The molecule has 0 aromatic heterocycles. The molecular formula is C29H34O10. The van der Waals surface area contributed by atoms with E-state index < -0.39 is 81.4 Å². The zero-order valence-electron chi connectivity index (χ0n) is 22.8. The number of fused-ring (bicyclic) bond motifs is 2. The van der Waals surface area contributed by atoms with Gasteiger partial charge in [0.1, 0.15) is 35.1 Å². The van der Waals surface area contributed by atoms with E-state index in [1.165, 1.54) is 6.92 Å². The van der Waals surface area contributed by atoms with Gasteiger partial charge in [-0.2, -0.15) is 0 Å². The average Bonchev–Trinajstić information content (AvgIpc) is 3.41. The molecule has 2 bridgehead atoms. The van der Waals surface area contributed by atoms with Crippen LogP contribution in [0, 0.1) is 29.1 Å². The highest BCUT2D eigenvalue weighted by molar-refractivity contribution is 6.08. The second-order valence-electron chi connectivity index (χ2n) is 14.2. The second kappa shape index (κ2) is 6.66. The normalized spacial score (nSPS) is 57.9. The lowest BCUT2D eigenvalue weighted by molar-refractivity contribution is -0.334. The predicted octanol–water partition coefficient (Wildman–Crippen LogP) is 1.55. The molecule has 7 fully saturated rings. The number of Topliss-reactive ketones (excluding diaryl/α,β-unsaturated/α-hetero) is 2. The molecule has 3 spiro atoms. The zero-order chi connectivity index (χ0) is 27.7. The maximum absolute atomic E-state index is 14.7. The highest BCUT2D eigenvalue weighted by Crippen LogP contribution is 2.71. The van der Waals surface area contributed by atoms with Gasteiger partial charge >= 0.3 is 11.9 Å². The average molecular weight is 543 g/mol. The molecular weight excluding hydrogens is 508 g/mol. The van der Waals surface area contributed by atoms with Crippen LogP contribution < -0.4 is 0 Å². The van der Waals surface area contributed by atoms with Crippen molar-refractivity contribution in [1.29, 1.82) is 0 Å². The summed E-state index contributed by atoms with van der Waals surface area (Å²) in [4.78, 5) is 54.1. The van der Waals surface area contributed by atoms with Gasteiger partial charge < -0.3 is 28.8 Å². The summed E-state index contributed by atoms with van der Waals surface area (Å²) >= 11 is 0. The van der Waals surface area contributed by atoms with Gasteiger partial charge in [-0.05, 0) is 47.0 Å². The predicted molar refractivity (Wildman–Crippen MR) is 129 cm³/mol. The van der Waals surface area contributed by atoms with Crippen LogP contribution in [0.1, 0.15) is 66.7 Å². The molecule has 39 heavy (non-hydrogen) atoms. The lowest BCUT2D eigenvalue weighted by Gasteiger charge is -2.50. The number of aliphatic hydroxyl groups is 1. The molecule has 8 rings (SSSR count). The van der Waals surface area contributed by atoms with E-state index >= 15 is 0 Å². The number of ether oxygens (including phenoxy) is 5. The first-order chi connectivity index (χ1) is 18.1. The number of hydrogen-bond donors (Lipinski definition) is 1. The third-order valence-corrected chi connectivity index (χ3v) is 11.8. The Labute approximate surface area is 225 Å². The Balaban J connectivity index is 1.33. The molecule has 2 aliphatic carbocycles. The lowest BCUT2D eigenvalue weighted by atomic mass is 9.62. The highest BCUT2D eigenvalue weighted by atomic mass is 16.7. The van der Waals surface area contributed by atoms with Gasteiger partial charge in [0.25, 0.3) is 0 Å². The zero-order valence-corrected chi connectivity index (χ0v) is 22.8. The van der Waals surface area contributed by atoms with E-state index in [4.69, 9.17) is 23.7 Å². The molecule has 6 aliphatic heterocycles. The molecule has 10 nitrogen and oxygen atoms in total. The molecule has 0 radical (unpaired) electrons. The minimum atomic E-state index is -1.88. The second-order valence-corrected chi connectivity index (χ2v) is 14.2. The summed E-state index contributed by atoms with van der Waals surface area (Å²) in [5.41, 5.74) is -5.28. The summed E-state index contributed by atoms with van der Waals surface area (Å²) in [6.45, 7) is 8.88. The number of esters is 2. The van der Waals surface area contributed by atoms with E-state index in [0.717, 1.165) is 0 Å². The number of rotatable bonds is 0. The SMILES string of the molecule is CC1C(=O)O[C@H]2[C@H]3[C@H]4[C@]5(O[C@@H]12)O[C@@]1(CC[C@]4(C)C(=O)[C@]3(C)O)C[C@]23OC(=O)CC2OC(C)(C)[C@H]3CC=C1C5=O. The van der Waals surface area contributed by atoms with Gasteiger partial charge in [0.15, 0.2) is 5.78 Å². The summed E-state index contributed by atoms with van der Waals surface area (Å²) in [5.74, 6) is -6.09. The van der Waals surface area contributed by atoms with Crippen LogP contribution in [0.15, 0.2) is 11.6 Å². The third-order valence-electron chi connectivity index (χ3n) is 11.8. The maximum atomic E-state index is 14.7. The maximum Gasteiger partial charge on any atom is 0.311 e. The van der Waals surface area contributed by atoms with Gasteiger partial charge in [0.2, 0.25) is 11.6 Å². The Hall–Kier alpha value is -2.14. The number of hydrogen-bond acceptors (Lipinski definition) is 10. The molecule has 6 heterocycles. The highest BCUT2D eigenvalue weighted by Gasteiger charge is 2.84. The number of carbonyl (C=O) groups is 4. The third kappa shape index (κ3) is 2.48. The first kappa shape index (κ1) is 24.6. The largest absolute Gasteiger partial charge is 0.459 e. The summed E-state index contributed by atoms with van der Waals surface area (Å²) in [6.07, 6.45) is 1.11. The summed E-state index contributed by atoms with van der Waals surface area (Å²) in [5, 5.41) is 11.7. The van der Waals surface area contributed by atoms with E-state index in [0.29, 0.717) is 24.8 Å². The Kier molecular flexibility index (Phi) is 4.21. The molecule has 0 aromatic carbocycles. The van der Waals surface area contributed by atoms with E-state index in [1.54, 1.807) is 13.8 Å². The monoisotopic (exact) mass is 542 g/mol. The summed E-state index contributed by atoms with van der Waals surface area (Å²) < 4.78 is 31.8. The van der Waals surface area contributed by atoms with Crippen molar-refractivity contribution in [2.75, 3.05) is 0 Å². The van der Waals surface area contributed by atoms with Crippen molar-refractivity contribution in [2.45, 2.75) is 113 Å². The first-order valence-electron chi connectivity index (χ1n) is 14.1. The Morgan fingerprint density at radius 2 is 1.74 bits per heavy atom. The van der Waals surface area contributed by atoms with Gasteiger partial charge in [-0.15, -0.1) is 0 Å². The van der Waals surface area contributed by atoms with Gasteiger partial charge in [-0.1, -0.05) is 13.0 Å². The van der Waals surface area contributed by atoms with Crippen LogP contribution in [0.3, 0.4) is 0 Å². The van der Waals surface area contributed by atoms with Gasteiger partial charge in [-0.25, -0.2) is 0 Å². The smallest absolute Gasteiger partial charge is 0.311 e. The molecule has 2 unspecified atom stereocenters. The van der Waals surface area contributed by atoms with Crippen LogP contribution in [-0.4, -0.2) is 75.1 Å². The van der Waals surface area contributed by atoms with E-state index in [1.807, 2.05) is 19.9 Å². The minimum Gasteiger partial charge on any atom is -0.459 e. The van der Waals surface area contributed by atoms with Gasteiger partial charge in [0, 0.05) is 35.2 Å². The van der Waals surface area contributed by atoms with E-state index in [2.05, 4.69) is 0 Å². The fourth-order valence-corrected chi connectivity index (χ4v) is 10.2. The molecule has 6 saturated heterocycles. The molecule has 1 N–H and O–H groups in total. The topological polar surface area (TPSA) is 135 Å². The van der Waals surface area contributed by atoms with Gasteiger partial charge in [-0.3, -0.25) is 19.2 Å². The van der Waals surface area contributed by atoms with Gasteiger partial charge in [0.05, 0.1) is 17.9 Å². The molecule has 0 amide bonds. The van der Waals surface area contributed by atoms with Crippen LogP contribution in [0.25, 0.3) is 0 Å². The molecule has 8 aliphatic rings. The first-order valence-corrected chi connectivity index (χ1v) is 14.1. The van der Waals surface area contributed by atoms with Crippen LogP contribution in [0.2, 0.25) is 0 Å². The molecule has 210 valence electrons. The quantitative estimate of drug-likeness (QED) is 0.449. The van der Waals surface area contributed by atoms with Crippen molar-refractivity contribution in [1.82, 2.24) is 0 Å². The number of allylic oxidation sites excluding steroid dienone is 1. The minimum absolute atomic E-state index is 0.130. The van der Waals surface area contributed by atoms with E-state index in [9.17, 15) is 24.3 Å². The van der Waals surface area contributed by atoms with Crippen molar-refractivity contribution < 1.29 is 48.0 Å². The Morgan fingerprint density at radius 1 is 1.00 bits per heavy atom. The summed E-state index contributed by atoms with van der Waals surface area (Å²) in [7, 11) is 0. The molecule has 10 heteroatoms. The Bertz CT molecular complexity index is 1310. The van der Waals surface area contributed by atoms with Crippen LogP contribution in [-0.2, 0) is 42.9 Å². The van der Waals surface area contributed by atoms with Crippen LogP contribution in [0.5, 0.6) is 0 Å². The fourth-order valence-electron chi connectivity index (χ4n) is 10.2. The fraction of sp³-hybridized carbons (Fsp3) is 0.793. The van der Waals surface area contributed by atoms with Crippen molar-refractivity contribution in [2.24, 2.45) is 29.1 Å². The summed E-state index contributed by atoms with van der Waals surface area (Å²) in [6, 6.07) is 0. The lowest BCUT2D eigenvalue weighted by Crippen LogP contribution is -2.64. The standard InChI is InChI=1S/C29H34O10/c1-12-18-19(35-22(12)32)17-20-25(4,23(33)26(17,5)34)8-9-27-11-28-14(24(2,3)36-15(28)10-16(30)37-28)7-6-13(27)21(31)29(20,38-18)39-27/h6,12,14-15,17-20,34H,7-11H2,1-5H3/t12?,14-,15?,17+,18+,19+,20-,25+,26-,27+,28-,29+/m1/s1. The van der Waals surface area contributed by atoms with Crippen LogP contribution >= 0.6 is 0 Å². The van der Waals surface area contributed by atoms with Crippen molar-refractivity contribution in [3.8, 4) is 0 Å². The van der Waals surface area contributed by atoms with E-state index in [-0.39, 0.29) is 30.5 Å². The number of carbonyl (C=O) groups excluding carboxylic acids is 4.